The molecule has 2 rings (SSSR count). The predicted molar refractivity (Wildman–Crippen MR) is 109 cm³/mol. The average Bonchev–Trinajstić information content (AvgIpc) is 3.31. The lowest BCUT2D eigenvalue weighted by molar-refractivity contribution is -0.131. The van der Waals surface area contributed by atoms with Gasteiger partial charge in [0.2, 0.25) is 11.8 Å². The van der Waals surface area contributed by atoms with Crippen LogP contribution in [0.3, 0.4) is 0 Å². The molecule has 1 aromatic rings. The van der Waals surface area contributed by atoms with Crippen molar-refractivity contribution in [2.75, 3.05) is 26.9 Å². The van der Waals surface area contributed by atoms with Gasteiger partial charge in [0, 0.05) is 13.2 Å². The number of hydrogen-bond acceptors (Lipinski definition) is 9. The number of epoxide rings is 1. The summed E-state index contributed by atoms with van der Waals surface area (Å²) in [5.74, 6) is -1.87. The van der Waals surface area contributed by atoms with Crippen LogP contribution in [-0.4, -0.2) is 78.3 Å². The molecule has 12 heteroatoms. The minimum Gasteiger partial charge on any atom is -0.388 e. The highest BCUT2D eigenvalue weighted by Gasteiger charge is 2.50. The van der Waals surface area contributed by atoms with Crippen LogP contribution in [0, 0.1) is 5.92 Å². The summed E-state index contributed by atoms with van der Waals surface area (Å²) in [6, 6.07) is -0.601. The van der Waals surface area contributed by atoms with Gasteiger partial charge >= 0.3 is 0 Å². The Morgan fingerprint density at radius 1 is 1.25 bits per heavy atom. The quantitative estimate of drug-likeness (QED) is 0.270. The fraction of sp³-hybridized carbons (Fsp3) is 0.650. The molecule has 178 valence electrons. The van der Waals surface area contributed by atoms with E-state index in [1.807, 2.05) is 13.8 Å². The van der Waals surface area contributed by atoms with Crippen LogP contribution in [0.25, 0.3) is 0 Å². The van der Waals surface area contributed by atoms with E-state index in [4.69, 9.17) is 19.1 Å². The molecule has 32 heavy (non-hydrogen) atoms. The highest BCUT2D eigenvalue weighted by molar-refractivity contribution is 5.98. The maximum atomic E-state index is 12.6. The van der Waals surface area contributed by atoms with Gasteiger partial charge in [0.15, 0.2) is 17.2 Å². The van der Waals surface area contributed by atoms with Crippen LogP contribution in [0.4, 0.5) is 0 Å². The summed E-state index contributed by atoms with van der Waals surface area (Å²) in [5.41, 5.74) is -0.993. The second-order valence-electron chi connectivity index (χ2n) is 8.17. The smallest absolute Gasteiger partial charge is 0.274 e. The largest absolute Gasteiger partial charge is 0.388 e. The Morgan fingerprint density at radius 3 is 2.47 bits per heavy atom. The second-order valence-corrected chi connectivity index (χ2v) is 8.17. The maximum absolute atomic E-state index is 12.6. The molecule has 0 bridgehead atoms. The average molecular weight is 454 g/mol. The fourth-order valence-electron chi connectivity index (χ4n) is 2.93. The normalized spacial score (nSPS) is 19.2. The van der Waals surface area contributed by atoms with E-state index < -0.39 is 48.6 Å². The molecule has 1 aliphatic heterocycles. The molecule has 0 aliphatic carbocycles. The van der Waals surface area contributed by atoms with Crippen molar-refractivity contribution in [3.63, 3.8) is 0 Å². The molecule has 4 N–H and O–H groups in total. The number of carbonyl (C=O) groups excluding carboxylic acids is 4. The van der Waals surface area contributed by atoms with E-state index in [1.165, 1.54) is 13.2 Å². The third kappa shape index (κ3) is 7.11. The summed E-state index contributed by atoms with van der Waals surface area (Å²) >= 11 is 0. The number of carbonyl (C=O) groups is 4. The van der Waals surface area contributed by atoms with Gasteiger partial charge in [0.1, 0.15) is 18.2 Å². The van der Waals surface area contributed by atoms with Crippen molar-refractivity contribution >= 4 is 23.5 Å². The zero-order chi connectivity index (χ0) is 23.9. The maximum Gasteiger partial charge on any atom is 0.274 e. The lowest BCUT2D eigenvalue weighted by Gasteiger charge is -2.22. The van der Waals surface area contributed by atoms with E-state index >= 15 is 0 Å². The second kappa shape index (κ2) is 11.2. The van der Waals surface area contributed by atoms with Gasteiger partial charge in [0.25, 0.3) is 5.91 Å². The number of hydrogen-bond donors (Lipinski definition) is 4. The number of nitrogens with one attached hydrogen (secondary N) is 3. The summed E-state index contributed by atoms with van der Waals surface area (Å²) in [4.78, 5) is 49.7. The first-order valence-corrected chi connectivity index (χ1v) is 10.2. The lowest BCUT2D eigenvalue weighted by Crippen LogP contribution is -2.53. The molecule has 12 nitrogen and oxygen atoms in total. The minimum atomic E-state index is -1.11. The van der Waals surface area contributed by atoms with Crippen molar-refractivity contribution in [3.8, 4) is 0 Å². The van der Waals surface area contributed by atoms with Crippen molar-refractivity contribution in [1.82, 2.24) is 21.1 Å². The highest BCUT2D eigenvalue weighted by Crippen LogP contribution is 2.29. The number of rotatable bonds is 13. The number of ketones is 1. The molecule has 1 aromatic heterocycles. The molecule has 0 aromatic carbocycles. The molecule has 0 spiro atoms. The van der Waals surface area contributed by atoms with Crippen molar-refractivity contribution in [3.05, 3.63) is 17.5 Å². The number of Topliss-reactive ketones (excluding diaryl/α,β-unsaturated/α-hetero) is 1. The first-order valence-electron chi connectivity index (χ1n) is 10.2. The Hall–Kier alpha value is -2.83. The van der Waals surface area contributed by atoms with Crippen LogP contribution in [0.1, 0.15) is 43.4 Å². The van der Waals surface area contributed by atoms with E-state index in [9.17, 15) is 19.2 Å². The van der Waals surface area contributed by atoms with Crippen molar-refractivity contribution < 1.29 is 38.3 Å². The number of ether oxygens (including phenoxy) is 2. The van der Waals surface area contributed by atoms with Crippen LogP contribution in [-0.2, 0) is 30.5 Å². The summed E-state index contributed by atoms with van der Waals surface area (Å²) in [5, 5.41) is 20.0. The highest BCUT2D eigenvalue weighted by atomic mass is 16.6. The van der Waals surface area contributed by atoms with E-state index in [-0.39, 0.29) is 29.8 Å². The first-order chi connectivity index (χ1) is 15.1. The Bertz CT molecular complexity index is 833. The number of amides is 3. The first kappa shape index (κ1) is 25.4. The summed E-state index contributed by atoms with van der Waals surface area (Å²) in [7, 11) is 1.35. The van der Waals surface area contributed by atoms with Crippen LogP contribution in [0.15, 0.2) is 10.6 Å². The molecule has 0 unspecified atom stereocenters. The monoisotopic (exact) mass is 454 g/mol. The van der Waals surface area contributed by atoms with Gasteiger partial charge in [-0.15, -0.1) is 0 Å². The topological polar surface area (TPSA) is 172 Å². The minimum absolute atomic E-state index is 0.0931. The Balaban J connectivity index is 1.91. The summed E-state index contributed by atoms with van der Waals surface area (Å²) in [6.07, 6.45) is 0.438. The van der Waals surface area contributed by atoms with Gasteiger partial charge in [-0.05, 0) is 19.3 Å². The van der Waals surface area contributed by atoms with Crippen molar-refractivity contribution in [2.45, 2.75) is 51.5 Å². The molecule has 0 saturated carbocycles. The SMILES string of the molecule is COC[C@H](NC(=O)c1cc(CO)on1)C(=O)NCC(=O)N[C@@H](CC(C)C)C(=O)[C@@]1(C)CO1. The van der Waals surface area contributed by atoms with Gasteiger partial charge in [-0.1, -0.05) is 19.0 Å². The predicted octanol–water partition coefficient (Wildman–Crippen LogP) is -1.08. The molecule has 3 atom stereocenters. The van der Waals surface area contributed by atoms with Gasteiger partial charge in [-0.2, -0.15) is 0 Å². The lowest BCUT2D eigenvalue weighted by atomic mass is 9.93. The van der Waals surface area contributed by atoms with E-state index in [0.717, 1.165) is 0 Å². The van der Waals surface area contributed by atoms with Crippen LogP contribution in [0.2, 0.25) is 0 Å². The Kier molecular flexibility index (Phi) is 8.87. The summed E-state index contributed by atoms with van der Waals surface area (Å²) in [6.45, 7) is 4.87. The van der Waals surface area contributed by atoms with Gasteiger partial charge < -0.3 is 35.1 Å². The molecule has 1 saturated heterocycles. The third-order valence-corrected chi connectivity index (χ3v) is 4.78. The molecule has 3 amide bonds. The van der Waals surface area contributed by atoms with Crippen LogP contribution >= 0.6 is 0 Å². The molecule has 0 radical (unpaired) electrons. The third-order valence-electron chi connectivity index (χ3n) is 4.78. The standard InChI is InChI=1S/C20H30N4O8/c1-11(2)5-13(17(27)20(3)10-31-20)22-16(26)7-21-18(28)15(9-30-4)23-19(29)14-6-12(8-25)32-24-14/h6,11,13,15,25H,5,7-10H2,1-4H3,(H,21,28)(H,22,26)(H,23,29)/t13-,15-,20+/m0/s1. The molecular formula is C20H30N4O8. The Labute approximate surface area is 185 Å². The fourth-order valence-corrected chi connectivity index (χ4v) is 2.93. The molecule has 2 heterocycles. The number of aliphatic hydroxyl groups excluding tert-OH is 1. The van der Waals surface area contributed by atoms with E-state index in [0.29, 0.717) is 13.0 Å². The zero-order valence-corrected chi connectivity index (χ0v) is 18.6. The van der Waals surface area contributed by atoms with Crippen LogP contribution < -0.4 is 16.0 Å². The number of methoxy groups -OCH3 is 1. The van der Waals surface area contributed by atoms with Crippen molar-refractivity contribution in [1.29, 1.82) is 0 Å². The van der Waals surface area contributed by atoms with E-state index in [2.05, 4.69) is 21.1 Å². The number of nitrogens with zero attached hydrogens (tertiary/aromatic N) is 1. The number of aromatic nitrogens is 1. The van der Waals surface area contributed by atoms with Gasteiger partial charge in [-0.3, -0.25) is 19.2 Å². The van der Waals surface area contributed by atoms with Gasteiger partial charge in [0.05, 0.1) is 25.8 Å². The van der Waals surface area contributed by atoms with Crippen molar-refractivity contribution in [2.24, 2.45) is 5.92 Å². The Morgan fingerprint density at radius 2 is 1.94 bits per heavy atom. The summed E-state index contributed by atoms with van der Waals surface area (Å²) < 4.78 is 14.9. The molecule has 1 fully saturated rings. The number of aliphatic hydroxyl groups is 1. The molecule has 1 aliphatic rings. The van der Waals surface area contributed by atoms with E-state index in [1.54, 1.807) is 6.92 Å². The zero-order valence-electron chi connectivity index (χ0n) is 18.6. The molecular weight excluding hydrogens is 424 g/mol. The van der Waals surface area contributed by atoms with Gasteiger partial charge in [-0.25, -0.2) is 0 Å². The van der Waals surface area contributed by atoms with Crippen LogP contribution in [0.5, 0.6) is 0 Å².